The van der Waals surface area contributed by atoms with E-state index in [0.29, 0.717) is 5.92 Å². The fourth-order valence-electron chi connectivity index (χ4n) is 3.86. The second kappa shape index (κ2) is 7.12. The van der Waals surface area contributed by atoms with Crippen molar-refractivity contribution in [3.05, 3.63) is 71.3 Å². The van der Waals surface area contributed by atoms with Crippen LogP contribution in [0.3, 0.4) is 0 Å². The Labute approximate surface area is 140 Å². The molecule has 1 fully saturated rings. The summed E-state index contributed by atoms with van der Waals surface area (Å²) in [7, 11) is 0. The fourth-order valence-corrected chi connectivity index (χ4v) is 3.86. The van der Waals surface area contributed by atoms with E-state index >= 15 is 0 Å². The summed E-state index contributed by atoms with van der Waals surface area (Å²) in [6.45, 7) is 0. The average Bonchev–Trinajstić information content (AvgIpc) is 2.58. The van der Waals surface area contributed by atoms with E-state index in [2.05, 4.69) is 0 Å². The van der Waals surface area contributed by atoms with Crippen molar-refractivity contribution in [3.8, 4) is 0 Å². The minimum atomic E-state index is -0.375. The van der Waals surface area contributed by atoms with Crippen LogP contribution >= 0.6 is 0 Å². The zero-order chi connectivity index (χ0) is 17.1. The summed E-state index contributed by atoms with van der Waals surface area (Å²) in [5.41, 5.74) is 7.56. The molecule has 1 amide bonds. The van der Waals surface area contributed by atoms with E-state index in [1.54, 1.807) is 12.1 Å². The quantitative estimate of drug-likeness (QED) is 0.881. The van der Waals surface area contributed by atoms with Gasteiger partial charge in [0.15, 0.2) is 0 Å². The number of halogens is 2. The molecule has 1 unspecified atom stereocenters. The van der Waals surface area contributed by atoms with Gasteiger partial charge in [0.25, 0.3) is 0 Å². The topological polar surface area (TPSA) is 43.1 Å². The third-order valence-corrected chi connectivity index (χ3v) is 5.12. The molecular weight excluding hydrogens is 308 g/mol. The van der Waals surface area contributed by atoms with E-state index in [-0.39, 0.29) is 29.4 Å². The van der Waals surface area contributed by atoms with Crippen molar-refractivity contribution in [3.63, 3.8) is 0 Å². The van der Waals surface area contributed by atoms with Crippen molar-refractivity contribution < 1.29 is 13.6 Å². The molecule has 3 rings (SSSR count). The first kappa shape index (κ1) is 16.6. The van der Waals surface area contributed by atoms with Crippen LogP contribution in [0.25, 0.3) is 0 Å². The first-order chi connectivity index (χ1) is 11.5. The Morgan fingerprint density at radius 1 is 0.875 bits per heavy atom. The molecule has 1 saturated carbocycles. The van der Waals surface area contributed by atoms with Crippen molar-refractivity contribution in [2.45, 2.75) is 37.5 Å². The third kappa shape index (κ3) is 3.64. The van der Waals surface area contributed by atoms with Gasteiger partial charge in [0.1, 0.15) is 11.6 Å². The van der Waals surface area contributed by atoms with Gasteiger partial charge in [-0.1, -0.05) is 24.3 Å². The Morgan fingerprint density at radius 2 is 1.38 bits per heavy atom. The van der Waals surface area contributed by atoms with Crippen molar-refractivity contribution in [2.75, 3.05) is 0 Å². The highest BCUT2D eigenvalue weighted by Crippen LogP contribution is 2.41. The van der Waals surface area contributed by atoms with Crippen molar-refractivity contribution in [1.82, 2.24) is 0 Å². The highest BCUT2D eigenvalue weighted by atomic mass is 19.1. The predicted octanol–water partition coefficient (Wildman–Crippen LogP) is 4.51. The molecule has 126 valence electrons. The van der Waals surface area contributed by atoms with Crippen LogP contribution in [0.15, 0.2) is 48.5 Å². The lowest BCUT2D eigenvalue weighted by atomic mass is 9.72. The number of rotatable bonds is 4. The minimum Gasteiger partial charge on any atom is -0.369 e. The summed E-state index contributed by atoms with van der Waals surface area (Å²) in [5.74, 6) is -0.709. The Kier molecular flexibility index (Phi) is 4.93. The lowest BCUT2D eigenvalue weighted by Gasteiger charge is -2.33. The van der Waals surface area contributed by atoms with Gasteiger partial charge in [-0.2, -0.15) is 0 Å². The van der Waals surface area contributed by atoms with Crippen LogP contribution in [0.1, 0.15) is 48.6 Å². The molecule has 1 atom stereocenters. The van der Waals surface area contributed by atoms with Crippen LogP contribution < -0.4 is 5.73 Å². The summed E-state index contributed by atoms with van der Waals surface area (Å²) in [5, 5.41) is 0. The molecule has 4 heteroatoms. The highest BCUT2D eigenvalue weighted by Gasteiger charge is 2.32. The molecular formula is C20H21F2NO. The normalized spacial score (nSPS) is 22.1. The molecule has 2 aromatic rings. The van der Waals surface area contributed by atoms with Gasteiger partial charge in [0.2, 0.25) is 5.91 Å². The van der Waals surface area contributed by atoms with Gasteiger partial charge < -0.3 is 5.73 Å². The first-order valence-electron chi connectivity index (χ1n) is 8.35. The molecule has 24 heavy (non-hydrogen) atoms. The van der Waals surface area contributed by atoms with Gasteiger partial charge in [0.05, 0.1) is 5.92 Å². The van der Waals surface area contributed by atoms with Crippen LogP contribution in [0, 0.1) is 17.6 Å². The fraction of sp³-hybridized carbons (Fsp3) is 0.350. The van der Waals surface area contributed by atoms with Gasteiger partial charge in [-0.25, -0.2) is 8.78 Å². The SMILES string of the molecule is NC(=O)C(c1ccc(F)cc1)C1CCC(c2ccc(F)cc2)CC1. The molecule has 0 saturated heterocycles. The van der Waals surface area contributed by atoms with Crippen LogP contribution in [0.4, 0.5) is 8.78 Å². The third-order valence-electron chi connectivity index (χ3n) is 5.12. The maximum absolute atomic E-state index is 13.1. The number of primary amides is 1. The molecule has 0 heterocycles. The smallest absolute Gasteiger partial charge is 0.225 e. The largest absolute Gasteiger partial charge is 0.369 e. The molecule has 2 aromatic carbocycles. The Hall–Kier alpha value is -2.23. The van der Waals surface area contributed by atoms with Gasteiger partial charge in [-0.15, -0.1) is 0 Å². The summed E-state index contributed by atoms with van der Waals surface area (Å²) in [4.78, 5) is 12.0. The van der Waals surface area contributed by atoms with Crippen LogP contribution in [0.2, 0.25) is 0 Å². The Balaban J connectivity index is 1.70. The number of nitrogens with two attached hydrogens (primary N) is 1. The van der Waals surface area contributed by atoms with Gasteiger partial charge in [-0.05, 0) is 72.9 Å². The summed E-state index contributed by atoms with van der Waals surface area (Å²) in [6, 6.07) is 12.7. The van der Waals surface area contributed by atoms with Crippen LogP contribution in [-0.2, 0) is 4.79 Å². The zero-order valence-corrected chi connectivity index (χ0v) is 13.4. The standard InChI is InChI=1S/C20H21F2NO/c21-17-9-5-14(6-10-17)13-1-3-15(4-2-13)19(20(23)24)16-7-11-18(22)12-8-16/h5-13,15,19H,1-4H2,(H2,23,24). The minimum absolute atomic E-state index is 0.171. The maximum Gasteiger partial charge on any atom is 0.225 e. The molecule has 2 nitrogen and oxygen atoms in total. The molecule has 0 bridgehead atoms. The first-order valence-corrected chi connectivity index (χ1v) is 8.35. The van der Waals surface area contributed by atoms with E-state index in [0.717, 1.165) is 36.8 Å². The molecule has 1 aliphatic rings. The molecule has 0 aromatic heterocycles. The van der Waals surface area contributed by atoms with Crippen LogP contribution in [-0.4, -0.2) is 5.91 Å². The number of hydrogen-bond acceptors (Lipinski definition) is 1. The molecule has 2 N–H and O–H groups in total. The Bertz CT molecular complexity index is 689. The highest BCUT2D eigenvalue weighted by molar-refractivity contribution is 5.82. The molecule has 0 spiro atoms. The molecule has 0 radical (unpaired) electrons. The van der Waals surface area contributed by atoms with Crippen molar-refractivity contribution in [1.29, 1.82) is 0 Å². The summed E-state index contributed by atoms with van der Waals surface area (Å²) < 4.78 is 26.2. The predicted molar refractivity (Wildman–Crippen MR) is 89.4 cm³/mol. The van der Waals surface area contributed by atoms with E-state index in [9.17, 15) is 13.6 Å². The second-order valence-corrected chi connectivity index (χ2v) is 6.59. The number of carbonyl (C=O) groups excluding carboxylic acids is 1. The number of benzene rings is 2. The molecule has 0 aliphatic heterocycles. The maximum atomic E-state index is 13.1. The van der Waals surface area contributed by atoms with E-state index in [4.69, 9.17) is 5.73 Å². The summed E-state index contributed by atoms with van der Waals surface area (Å²) in [6.07, 6.45) is 3.66. The number of hydrogen-bond donors (Lipinski definition) is 1. The Morgan fingerprint density at radius 3 is 1.88 bits per heavy atom. The van der Waals surface area contributed by atoms with Gasteiger partial charge in [-0.3, -0.25) is 4.79 Å². The van der Waals surface area contributed by atoms with Gasteiger partial charge >= 0.3 is 0 Å². The number of amides is 1. The lowest BCUT2D eigenvalue weighted by molar-refractivity contribution is -0.120. The van der Waals surface area contributed by atoms with Crippen molar-refractivity contribution >= 4 is 5.91 Å². The van der Waals surface area contributed by atoms with E-state index in [1.807, 2.05) is 12.1 Å². The summed E-state index contributed by atoms with van der Waals surface area (Å²) >= 11 is 0. The van der Waals surface area contributed by atoms with E-state index in [1.165, 1.54) is 24.3 Å². The average molecular weight is 329 g/mol. The van der Waals surface area contributed by atoms with Crippen LogP contribution in [0.5, 0.6) is 0 Å². The van der Waals surface area contributed by atoms with Crippen molar-refractivity contribution in [2.24, 2.45) is 11.7 Å². The lowest BCUT2D eigenvalue weighted by Crippen LogP contribution is -2.30. The second-order valence-electron chi connectivity index (χ2n) is 6.59. The number of carbonyl (C=O) groups is 1. The zero-order valence-electron chi connectivity index (χ0n) is 13.4. The monoisotopic (exact) mass is 329 g/mol. The van der Waals surface area contributed by atoms with Gasteiger partial charge in [0, 0.05) is 0 Å². The molecule has 1 aliphatic carbocycles. The van der Waals surface area contributed by atoms with E-state index < -0.39 is 0 Å².